The minimum atomic E-state index is -1.49. The Morgan fingerprint density at radius 1 is 1.26 bits per heavy atom. The lowest BCUT2D eigenvalue weighted by Gasteiger charge is -2.35. The molecule has 126 valence electrons. The number of amides is 2. The van der Waals surface area contributed by atoms with E-state index in [-0.39, 0.29) is 18.7 Å². The molecule has 4 N–H and O–H groups in total. The van der Waals surface area contributed by atoms with Gasteiger partial charge in [-0.25, -0.2) is 0 Å². The topological polar surface area (TPSA) is 112 Å². The third-order valence-corrected chi connectivity index (χ3v) is 5.20. The first kappa shape index (κ1) is 16.0. The normalized spacial score (nSPS) is 22.0. The summed E-state index contributed by atoms with van der Waals surface area (Å²) < 4.78 is 0. The van der Waals surface area contributed by atoms with Crippen LogP contribution < -0.4 is 5.73 Å². The molecule has 1 aromatic rings. The molecular formula is C16H24N4O3. The van der Waals surface area contributed by atoms with E-state index in [4.69, 9.17) is 5.73 Å². The molecule has 2 aliphatic rings. The molecule has 1 aliphatic heterocycles. The van der Waals surface area contributed by atoms with Crippen molar-refractivity contribution in [1.29, 1.82) is 0 Å². The number of nitrogens with two attached hydrogens (primary N) is 1. The molecule has 7 nitrogen and oxygen atoms in total. The van der Waals surface area contributed by atoms with Crippen LogP contribution in [0.1, 0.15) is 67.0 Å². The number of aromatic amines is 1. The Balaban J connectivity index is 1.63. The third kappa shape index (κ3) is 3.24. The maximum atomic E-state index is 12.5. The molecule has 0 spiro atoms. The minimum Gasteiger partial charge on any atom is -0.380 e. The highest BCUT2D eigenvalue weighted by Crippen LogP contribution is 2.32. The molecule has 0 bridgehead atoms. The number of hydrogen-bond acceptors (Lipinski definition) is 4. The summed E-state index contributed by atoms with van der Waals surface area (Å²) in [6.45, 7) is 0.619. The average molecular weight is 320 g/mol. The van der Waals surface area contributed by atoms with Crippen LogP contribution >= 0.6 is 0 Å². The molecule has 23 heavy (non-hydrogen) atoms. The van der Waals surface area contributed by atoms with Gasteiger partial charge in [0.05, 0.1) is 0 Å². The van der Waals surface area contributed by atoms with Crippen LogP contribution in [-0.2, 0) is 4.79 Å². The van der Waals surface area contributed by atoms with Crippen molar-refractivity contribution in [3.8, 4) is 0 Å². The van der Waals surface area contributed by atoms with Gasteiger partial charge >= 0.3 is 0 Å². The Morgan fingerprint density at radius 3 is 2.52 bits per heavy atom. The summed E-state index contributed by atoms with van der Waals surface area (Å²) in [6.07, 6.45) is 6.38. The van der Waals surface area contributed by atoms with Crippen molar-refractivity contribution >= 4 is 11.8 Å². The van der Waals surface area contributed by atoms with Crippen molar-refractivity contribution < 1.29 is 14.7 Å². The first-order chi connectivity index (χ1) is 11.0. The lowest BCUT2D eigenvalue weighted by atomic mass is 9.87. The van der Waals surface area contributed by atoms with Gasteiger partial charge in [-0.2, -0.15) is 5.10 Å². The van der Waals surface area contributed by atoms with Crippen molar-refractivity contribution in [2.75, 3.05) is 13.1 Å². The summed E-state index contributed by atoms with van der Waals surface area (Å²) >= 11 is 0. The zero-order valence-corrected chi connectivity index (χ0v) is 13.3. The molecule has 1 aromatic heterocycles. The molecule has 2 heterocycles. The number of likely N-dealkylation sites (tertiary alicyclic amines) is 1. The number of carbonyl (C=O) groups is 2. The van der Waals surface area contributed by atoms with E-state index in [2.05, 4.69) is 10.2 Å². The van der Waals surface area contributed by atoms with Crippen LogP contribution in [0.5, 0.6) is 0 Å². The predicted octanol–water partition coefficient (Wildman–Crippen LogP) is 0.910. The monoisotopic (exact) mass is 320 g/mol. The van der Waals surface area contributed by atoms with Gasteiger partial charge in [0.25, 0.3) is 5.91 Å². The van der Waals surface area contributed by atoms with Crippen LogP contribution in [-0.4, -0.2) is 50.7 Å². The van der Waals surface area contributed by atoms with Gasteiger partial charge in [0.15, 0.2) is 0 Å². The predicted molar refractivity (Wildman–Crippen MR) is 83.7 cm³/mol. The maximum absolute atomic E-state index is 12.5. The van der Waals surface area contributed by atoms with Crippen LogP contribution in [0.4, 0.5) is 0 Å². The van der Waals surface area contributed by atoms with Crippen LogP contribution in [0.15, 0.2) is 6.07 Å². The molecule has 1 saturated heterocycles. The minimum absolute atomic E-state index is 0.158. The van der Waals surface area contributed by atoms with Gasteiger partial charge in [0, 0.05) is 37.5 Å². The van der Waals surface area contributed by atoms with E-state index in [1.165, 1.54) is 19.3 Å². The molecule has 1 saturated carbocycles. The zero-order chi connectivity index (χ0) is 16.4. The van der Waals surface area contributed by atoms with Crippen molar-refractivity contribution in [1.82, 2.24) is 15.1 Å². The number of nitrogens with one attached hydrogen (secondary N) is 1. The standard InChI is InChI=1S/C16H24N4O3/c17-15(22)16(23)6-8-20(9-7-16)14(21)13-10-12(18-19-13)11-4-2-1-3-5-11/h10-11,23H,1-9H2,(H2,17,22)(H,18,19). The molecule has 2 amide bonds. The number of aliphatic hydroxyl groups is 1. The molecule has 0 radical (unpaired) electrons. The Labute approximate surface area is 135 Å². The molecule has 0 aromatic carbocycles. The van der Waals surface area contributed by atoms with E-state index in [1.54, 1.807) is 4.90 Å². The van der Waals surface area contributed by atoms with E-state index in [1.807, 2.05) is 6.07 Å². The SMILES string of the molecule is NC(=O)C1(O)CCN(C(=O)c2cc(C3CCCCC3)[nH]n2)CC1. The fourth-order valence-corrected chi connectivity index (χ4v) is 3.56. The highest BCUT2D eigenvalue weighted by Gasteiger charge is 2.39. The average Bonchev–Trinajstić information content (AvgIpc) is 3.05. The van der Waals surface area contributed by atoms with E-state index in [9.17, 15) is 14.7 Å². The molecule has 2 fully saturated rings. The number of piperidine rings is 1. The first-order valence-electron chi connectivity index (χ1n) is 8.36. The molecule has 0 unspecified atom stereocenters. The van der Waals surface area contributed by atoms with Crippen molar-refractivity contribution in [2.24, 2.45) is 5.73 Å². The van der Waals surface area contributed by atoms with Gasteiger partial charge < -0.3 is 15.7 Å². The second kappa shape index (κ2) is 6.31. The molecule has 3 rings (SSSR count). The fourth-order valence-electron chi connectivity index (χ4n) is 3.56. The lowest BCUT2D eigenvalue weighted by molar-refractivity contribution is -0.140. The molecular weight excluding hydrogens is 296 g/mol. The summed E-state index contributed by atoms with van der Waals surface area (Å²) in [4.78, 5) is 25.4. The number of hydrogen-bond donors (Lipinski definition) is 3. The van der Waals surface area contributed by atoms with E-state index in [0.717, 1.165) is 18.5 Å². The summed E-state index contributed by atoms with van der Waals surface area (Å²) in [5.74, 6) is -0.405. The molecule has 0 atom stereocenters. The summed E-state index contributed by atoms with van der Waals surface area (Å²) in [5.41, 5.74) is 5.17. The van der Waals surface area contributed by atoms with E-state index < -0.39 is 11.5 Å². The number of primary amides is 1. The number of nitrogens with zero attached hydrogens (tertiary/aromatic N) is 2. The Kier molecular flexibility index (Phi) is 4.39. The smallest absolute Gasteiger partial charge is 0.274 e. The summed E-state index contributed by atoms with van der Waals surface area (Å²) in [7, 11) is 0. The summed E-state index contributed by atoms with van der Waals surface area (Å²) in [6, 6.07) is 1.85. The second-order valence-electron chi connectivity index (χ2n) is 6.73. The number of rotatable bonds is 3. The van der Waals surface area contributed by atoms with Crippen molar-refractivity contribution in [3.05, 3.63) is 17.5 Å². The van der Waals surface area contributed by atoms with E-state index >= 15 is 0 Å². The maximum Gasteiger partial charge on any atom is 0.274 e. The lowest BCUT2D eigenvalue weighted by Crippen LogP contribution is -2.53. The van der Waals surface area contributed by atoms with Gasteiger partial charge in [-0.1, -0.05) is 19.3 Å². The quantitative estimate of drug-likeness (QED) is 0.768. The van der Waals surface area contributed by atoms with Gasteiger partial charge in [0.2, 0.25) is 5.91 Å². The second-order valence-corrected chi connectivity index (χ2v) is 6.73. The largest absolute Gasteiger partial charge is 0.380 e. The molecule has 7 heteroatoms. The van der Waals surface area contributed by atoms with Gasteiger partial charge in [-0.3, -0.25) is 14.7 Å². The Bertz CT molecular complexity index is 584. The fraction of sp³-hybridized carbons (Fsp3) is 0.688. The van der Waals surface area contributed by atoms with Crippen molar-refractivity contribution in [2.45, 2.75) is 56.5 Å². The Hall–Kier alpha value is -1.89. The number of aromatic nitrogens is 2. The van der Waals surface area contributed by atoms with Gasteiger partial charge in [-0.05, 0) is 18.9 Å². The molecule has 1 aliphatic carbocycles. The van der Waals surface area contributed by atoms with Crippen LogP contribution in [0.2, 0.25) is 0 Å². The third-order valence-electron chi connectivity index (χ3n) is 5.20. The van der Waals surface area contributed by atoms with Gasteiger partial charge in [0.1, 0.15) is 11.3 Å². The highest BCUT2D eigenvalue weighted by atomic mass is 16.3. The number of carbonyl (C=O) groups excluding carboxylic acids is 2. The number of H-pyrrole nitrogens is 1. The van der Waals surface area contributed by atoms with Gasteiger partial charge in [-0.15, -0.1) is 0 Å². The Morgan fingerprint density at radius 2 is 1.91 bits per heavy atom. The summed E-state index contributed by atoms with van der Waals surface area (Å²) in [5, 5.41) is 17.2. The van der Waals surface area contributed by atoms with Crippen LogP contribution in [0.3, 0.4) is 0 Å². The first-order valence-corrected chi connectivity index (χ1v) is 8.36. The van der Waals surface area contributed by atoms with Crippen LogP contribution in [0, 0.1) is 0 Å². The van der Waals surface area contributed by atoms with Crippen molar-refractivity contribution in [3.63, 3.8) is 0 Å². The van der Waals surface area contributed by atoms with Crippen LogP contribution in [0.25, 0.3) is 0 Å². The zero-order valence-electron chi connectivity index (χ0n) is 13.3. The van der Waals surface area contributed by atoms with E-state index in [0.29, 0.717) is 24.7 Å². The highest BCUT2D eigenvalue weighted by molar-refractivity contribution is 5.93.